The normalized spacial score (nSPS) is 10.2. The van der Waals surface area contributed by atoms with E-state index in [0.29, 0.717) is 12.2 Å². The van der Waals surface area contributed by atoms with Gasteiger partial charge in [0, 0.05) is 0 Å². The van der Waals surface area contributed by atoms with E-state index in [-0.39, 0.29) is 0 Å². The molecule has 0 N–H and O–H groups in total. The third-order valence-corrected chi connectivity index (χ3v) is 2.82. The van der Waals surface area contributed by atoms with Crippen LogP contribution in [0.5, 0.6) is 0 Å². The van der Waals surface area contributed by atoms with Crippen LogP contribution in [0.1, 0.15) is 23.2 Å². The fourth-order valence-corrected chi connectivity index (χ4v) is 1.76. The van der Waals surface area contributed by atoms with Gasteiger partial charge in [-0.3, -0.25) is 4.89 Å². The molecule has 0 saturated heterocycles. The first-order valence-electron chi connectivity index (χ1n) is 6.60. The molecule has 0 unspecified atom stereocenters. The number of hydrogen-bond acceptors (Lipinski definition) is 3. The number of carbonyl (C=O) groups is 1. The molecule has 0 heterocycles. The van der Waals surface area contributed by atoms with Crippen molar-refractivity contribution in [3.63, 3.8) is 0 Å². The summed E-state index contributed by atoms with van der Waals surface area (Å²) in [7, 11) is 0. The topological polar surface area (TPSA) is 35.5 Å². The van der Waals surface area contributed by atoms with Crippen LogP contribution in [0.4, 0.5) is 0 Å². The van der Waals surface area contributed by atoms with Crippen molar-refractivity contribution >= 4 is 5.97 Å². The molecule has 0 amide bonds. The van der Waals surface area contributed by atoms with Gasteiger partial charge in [-0.1, -0.05) is 55.8 Å². The SMILES string of the molecule is [CH2]CCCOOC(=O)c1cccc(-c2ccccc2)c1. The lowest BCUT2D eigenvalue weighted by atomic mass is 10.0. The van der Waals surface area contributed by atoms with Crippen molar-refractivity contribution in [1.29, 1.82) is 0 Å². The van der Waals surface area contributed by atoms with Gasteiger partial charge >= 0.3 is 5.97 Å². The Kier molecular flexibility index (Phi) is 5.33. The molecule has 0 aromatic heterocycles. The van der Waals surface area contributed by atoms with Gasteiger partial charge in [-0.25, -0.2) is 4.79 Å². The monoisotopic (exact) mass is 269 g/mol. The van der Waals surface area contributed by atoms with Crippen molar-refractivity contribution in [1.82, 2.24) is 0 Å². The summed E-state index contributed by atoms with van der Waals surface area (Å²) >= 11 is 0. The van der Waals surface area contributed by atoms with Gasteiger partial charge in [0.25, 0.3) is 0 Å². The summed E-state index contributed by atoms with van der Waals surface area (Å²) in [6, 6.07) is 17.2. The number of unbranched alkanes of at least 4 members (excludes halogenated alkanes) is 1. The minimum absolute atomic E-state index is 0.369. The average molecular weight is 269 g/mol. The Balaban J connectivity index is 2.04. The molecule has 0 aliphatic carbocycles. The summed E-state index contributed by atoms with van der Waals surface area (Å²) in [6.07, 6.45) is 1.51. The fourth-order valence-electron chi connectivity index (χ4n) is 1.76. The van der Waals surface area contributed by atoms with Gasteiger partial charge in [0.15, 0.2) is 0 Å². The van der Waals surface area contributed by atoms with E-state index in [0.717, 1.165) is 24.0 Å². The maximum absolute atomic E-state index is 11.8. The van der Waals surface area contributed by atoms with E-state index in [1.165, 1.54) is 0 Å². The molecule has 0 spiro atoms. The summed E-state index contributed by atoms with van der Waals surface area (Å²) in [4.78, 5) is 21.4. The van der Waals surface area contributed by atoms with E-state index >= 15 is 0 Å². The summed E-state index contributed by atoms with van der Waals surface area (Å²) in [5, 5.41) is 0. The Morgan fingerprint density at radius 3 is 2.50 bits per heavy atom. The smallest absolute Gasteiger partial charge is 0.293 e. The van der Waals surface area contributed by atoms with Gasteiger partial charge in [0.1, 0.15) is 0 Å². The minimum atomic E-state index is -0.480. The number of carbonyl (C=O) groups excluding carboxylic acids is 1. The summed E-state index contributed by atoms with van der Waals surface area (Å²) in [5.41, 5.74) is 2.50. The molecular formula is C17H17O3. The van der Waals surface area contributed by atoms with E-state index in [1.807, 2.05) is 42.5 Å². The van der Waals surface area contributed by atoms with Gasteiger partial charge in [-0.05, 0) is 29.7 Å². The molecule has 3 nitrogen and oxygen atoms in total. The first-order valence-corrected chi connectivity index (χ1v) is 6.60. The maximum atomic E-state index is 11.8. The second-order valence-electron chi connectivity index (χ2n) is 4.35. The predicted octanol–water partition coefficient (Wildman–Crippen LogP) is 4.06. The number of rotatable bonds is 6. The first kappa shape index (κ1) is 14.3. The van der Waals surface area contributed by atoms with Crippen molar-refractivity contribution < 1.29 is 14.6 Å². The highest BCUT2D eigenvalue weighted by atomic mass is 17.2. The van der Waals surface area contributed by atoms with E-state index in [1.54, 1.807) is 12.1 Å². The van der Waals surface area contributed by atoms with E-state index in [2.05, 4.69) is 6.92 Å². The predicted molar refractivity (Wildman–Crippen MR) is 77.8 cm³/mol. The Morgan fingerprint density at radius 1 is 1.00 bits per heavy atom. The lowest BCUT2D eigenvalue weighted by molar-refractivity contribution is -0.241. The maximum Gasteiger partial charge on any atom is 0.373 e. The lowest BCUT2D eigenvalue weighted by Crippen LogP contribution is -2.07. The molecule has 3 heteroatoms. The molecule has 103 valence electrons. The van der Waals surface area contributed by atoms with E-state index < -0.39 is 5.97 Å². The Bertz CT molecular complexity index is 549. The zero-order valence-electron chi connectivity index (χ0n) is 11.2. The largest absolute Gasteiger partial charge is 0.373 e. The minimum Gasteiger partial charge on any atom is -0.293 e. The van der Waals surface area contributed by atoms with Crippen LogP contribution in [0, 0.1) is 6.92 Å². The Hall–Kier alpha value is -2.13. The quantitative estimate of drug-likeness (QED) is 0.451. The summed E-state index contributed by atoms with van der Waals surface area (Å²) < 4.78 is 0. The molecule has 1 radical (unpaired) electrons. The zero-order chi connectivity index (χ0) is 14.2. The second kappa shape index (κ2) is 7.46. The molecule has 2 aromatic carbocycles. The molecule has 2 rings (SSSR count). The standard InChI is InChI=1S/C17H17O3/c1-2-3-12-19-20-17(18)16-11-7-10-15(13-16)14-8-5-4-6-9-14/h4-11,13H,1-3,12H2. The fraction of sp³-hybridized carbons (Fsp3) is 0.176. The van der Waals surface area contributed by atoms with Crippen LogP contribution in [-0.4, -0.2) is 12.6 Å². The van der Waals surface area contributed by atoms with Crippen LogP contribution in [0.25, 0.3) is 11.1 Å². The zero-order valence-corrected chi connectivity index (χ0v) is 11.2. The summed E-state index contributed by atoms with van der Waals surface area (Å²) in [6.45, 7) is 4.05. The van der Waals surface area contributed by atoms with Crippen molar-refractivity contribution in [3.05, 3.63) is 67.1 Å². The van der Waals surface area contributed by atoms with Crippen LogP contribution in [0.15, 0.2) is 54.6 Å². The molecule has 0 fully saturated rings. The van der Waals surface area contributed by atoms with Gasteiger partial charge in [-0.15, -0.1) is 0 Å². The molecule has 2 aromatic rings. The van der Waals surface area contributed by atoms with E-state index in [9.17, 15) is 4.79 Å². The molecule has 0 atom stereocenters. The van der Waals surface area contributed by atoms with Crippen LogP contribution in [-0.2, 0) is 9.78 Å². The van der Waals surface area contributed by atoms with Gasteiger partial charge in [0.2, 0.25) is 0 Å². The third-order valence-electron chi connectivity index (χ3n) is 2.82. The molecule has 0 bridgehead atoms. The Morgan fingerprint density at radius 2 is 1.75 bits per heavy atom. The Labute approximate surface area is 119 Å². The second-order valence-corrected chi connectivity index (χ2v) is 4.35. The van der Waals surface area contributed by atoms with Crippen molar-refractivity contribution in [2.45, 2.75) is 12.8 Å². The van der Waals surface area contributed by atoms with Crippen LogP contribution in [0.2, 0.25) is 0 Å². The summed E-state index contributed by atoms with van der Waals surface area (Å²) in [5.74, 6) is -0.480. The van der Waals surface area contributed by atoms with Crippen molar-refractivity contribution in [2.24, 2.45) is 0 Å². The third kappa shape index (κ3) is 3.93. The average Bonchev–Trinajstić information content (AvgIpc) is 2.52. The highest BCUT2D eigenvalue weighted by molar-refractivity contribution is 5.90. The van der Waals surface area contributed by atoms with Gasteiger partial charge < -0.3 is 0 Å². The lowest BCUT2D eigenvalue weighted by Gasteiger charge is -2.05. The van der Waals surface area contributed by atoms with Gasteiger partial charge in [-0.2, -0.15) is 4.89 Å². The van der Waals surface area contributed by atoms with Crippen LogP contribution < -0.4 is 0 Å². The van der Waals surface area contributed by atoms with Crippen molar-refractivity contribution in [2.75, 3.05) is 6.61 Å². The molecule has 20 heavy (non-hydrogen) atoms. The number of benzene rings is 2. The molecule has 0 aliphatic heterocycles. The highest BCUT2D eigenvalue weighted by Crippen LogP contribution is 2.20. The van der Waals surface area contributed by atoms with E-state index in [4.69, 9.17) is 9.78 Å². The highest BCUT2D eigenvalue weighted by Gasteiger charge is 2.09. The first-order chi connectivity index (χ1) is 9.81. The molecule has 0 aliphatic rings. The molecule has 0 saturated carbocycles. The van der Waals surface area contributed by atoms with Gasteiger partial charge in [0.05, 0.1) is 12.2 Å². The van der Waals surface area contributed by atoms with Crippen LogP contribution >= 0.6 is 0 Å². The van der Waals surface area contributed by atoms with Crippen molar-refractivity contribution in [3.8, 4) is 11.1 Å². The number of hydrogen-bond donors (Lipinski definition) is 0. The molecular weight excluding hydrogens is 252 g/mol. The van der Waals surface area contributed by atoms with Crippen LogP contribution in [0.3, 0.4) is 0 Å².